The molecule has 3 heterocycles. The minimum atomic E-state index is 1.11. The average molecular weight is 752 g/mol. The SMILES string of the molecule is c1ccc(-c2ccc3c(c2)c2ccccc2n3-c2cccc(-n3c4ccccc4c4ccc5c(-c6ccccc6)c(-c6ccccc6)n(-c6ccccc6)c5c43)c2)cc1. The number of aromatic nitrogens is 3. The Morgan fingerprint density at radius 1 is 0.237 bits per heavy atom. The van der Waals surface area contributed by atoms with Crippen LogP contribution < -0.4 is 0 Å². The van der Waals surface area contributed by atoms with Crippen LogP contribution in [0.3, 0.4) is 0 Å². The Morgan fingerprint density at radius 3 is 1.42 bits per heavy atom. The molecule has 12 rings (SSSR count). The van der Waals surface area contributed by atoms with E-state index in [-0.39, 0.29) is 0 Å². The van der Waals surface area contributed by atoms with Crippen molar-refractivity contribution in [2.45, 2.75) is 0 Å². The van der Waals surface area contributed by atoms with Crippen molar-refractivity contribution in [3.63, 3.8) is 0 Å². The number of rotatable bonds is 6. The Kier molecular flexibility index (Phi) is 7.54. The first-order chi connectivity index (χ1) is 29.3. The summed E-state index contributed by atoms with van der Waals surface area (Å²) in [7, 11) is 0. The summed E-state index contributed by atoms with van der Waals surface area (Å²) >= 11 is 0. The van der Waals surface area contributed by atoms with Crippen LogP contribution in [0.5, 0.6) is 0 Å². The van der Waals surface area contributed by atoms with Crippen molar-refractivity contribution in [1.29, 1.82) is 0 Å². The third kappa shape index (κ3) is 5.15. The van der Waals surface area contributed by atoms with Crippen molar-refractivity contribution in [3.05, 3.63) is 224 Å². The van der Waals surface area contributed by atoms with Gasteiger partial charge in [0.2, 0.25) is 0 Å². The molecule has 59 heavy (non-hydrogen) atoms. The molecule has 3 heteroatoms. The van der Waals surface area contributed by atoms with Crippen LogP contribution in [0.25, 0.3) is 105 Å². The number of nitrogens with zero attached hydrogens (tertiary/aromatic N) is 3. The van der Waals surface area contributed by atoms with E-state index in [1.807, 2.05) is 0 Å². The number of hydrogen-bond donors (Lipinski definition) is 0. The summed E-state index contributed by atoms with van der Waals surface area (Å²) in [6.07, 6.45) is 0. The second-order valence-electron chi connectivity index (χ2n) is 15.3. The van der Waals surface area contributed by atoms with E-state index in [0.717, 1.165) is 17.1 Å². The van der Waals surface area contributed by atoms with Crippen LogP contribution in [0.1, 0.15) is 0 Å². The largest absolute Gasteiger partial charge is 0.309 e. The summed E-state index contributed by atoms with van der Waals surface area (Å²) in [5.41, 5.74) is 16.5. The minimum Gasteiger partial charge on any atom is -0.309 e. The van der Waals surface area contributed by atoms with Crippen molar-refractivity contribution in [2.75, 3.05) is 0 Å². The quantitative estimate of drug-likeness (QED) is 0.161. The highest BCUT2D eigenvalue weighted by Crippen LogP contribution is 2.47. The van der Waals surface area contributed by atoms with Crippen LogP contribution in [0.4, 0.5) is 0 Å². The van der Waals surface area contributed by atoms with E-state index >= 15 is 0 Å². The van der Waals surface area contributed by atoms with Gasteiger partial charge in [0, 0.05) is 49.6 Å². The van der Waals surface area contributed by atoms with Gasteiger partial charge in [-0.05, 0) is 76.9 Å². The minimum absolute atomic E-state index is 1.11. The maximum absolute atomic E-state index is 2.51. The highest BCUT2D eigenvalue weighted by molar-refractivity contribution is 6.22. The fourth-order valence-corrected chi connectivity index (χ4v) is 9.52. The molecule has 0 N–H and O–H groups in total. The first-order valence-electron chi connectivity index (χ1n) is 20.3. The van der Waals surface area contributed by atoms with Crippen molar-refractivity contribution in [3.8, 4) is 50.6 Å². The predicted molar refractivity (Wildman–Crippen MR) is 248 cm³/mol. The molecule has 0 aliphatic rings. The zero-order chi connectivity index (χ0) is 38.9. The van der Waals surface area contributed by atoms with Gasteiger partial charge in [-0.25, -0.2) is 0 Å². The van der Waals surface area contributed by atoms with Gasteiger partial charge in [-0.2, -0.15) is 0 Å². The van der Waals surface area contributed by atoms with Gasteiger partial charge >= 0.3 is 0 Å². The molecule has 12 aromatic rings. The van der Waals surface area contributed by atoms with E-state index in [0.29, 0.717) is 0 Å². The molecule has 0 aliphatic heterocycles. The number of para-hydroxylation sites is 3. The Balaban J connectivity index is 1.19. The lowest BCUT2D eigenvalue weighted by molar-refractivity contribution is 1.11. The van der Waals surface area contributed by atoms with Gasteiger partial charge in [0.15, 0.2) is 0 Å². The fourth-order valence-electron chi connectivity index (χ4n) is 9.52. The second kappa shape index (κ2) is 13.4. The first-order valence-corrected chi connectivity index (χ1v) is 20.3. The molecule has 0 spiro atoms. The van der Waals surface area contributed by atoms with E-state index in [1.54, 1.807) is 0 Å². The van der Waals surface area contributed by atoms with Crippen molar-refractivity contribution >= 4 is 54.5 Å². The normalized spacial score (nSPS) is 11.7. The molecule has 3 aromatic heterocycles. The second-order valence-corrected chi connectivity index (χ2v) is 15.3. The van der Waals surface area contributed by atoms with Gasteiger partial charge in [0.25, 0.3) is 0 Å². The van der Waals surface area contributed by atoms with Crippen molar-refractivity contribution in [2.24, 2.45) is 0 Å². The Bertz CT molecular complexity index is 3520. The summed E-state index contributed by atoms with van der Waals surface area (Å²) in [6.45, 7) is 0. The number of benzene rings is 9. The summed E-state index contributed by atoms with van der Waals surface area (Å²) in [6, 6.07) is 81.6. The van der Waals surface area contributed by atoms with Crippen LogP contribution >= 0.6 is 0 Å². The van der Waals surface area contributed by atoms with Gasteiger partial charge in [-0.1, -0.05) is 170 Å². The average Bonchev–Trinajstić information content (AvgIpc) is 3.96. The van der Waals surface area contributed by atoms with E-state index in [9.17, 15) is 0 Å². The Morgan fingerprint density at radius 2 is 0.729 bits per heavy atom. The Hall–Kier alpha value is -7.88. The lowest BCUT2D eigenvalue weighted by atomic mass is 9.98. The summed E-state index contributed by atoms with van der Waals surface area (Å²) in [5.74, 6) is 0. The third-order valence-electron chi connectivity index (χ3n) is 12.0. The van der Waals surface area contributed by atoms with Crippen LogP contribution in [0.2, 0.25) is 0 Å². The molecule has 0 saturated heterocycles. The maximum Gasteiger partial charge on any atom is 0.0789 e. The highest BCUT2D eigenvalue weighted by Gasteiger charge is 2.26. The summed E-state index contributed by atoms with van der Waals surface area (Å²) in [4.78, 5) is 0. The van der Waals surface area contributed by atoms with Gasteiger partial charge in [-0.15, -0.1) is 0 Å². The smallest absolute Gasteiger partial charge is 0.0789 e. The molecule has 3 nitrogen and oxygen atoms in total. The van der Waals surface area contributed by atoms with Gasteiger partial charge in [0.05, 0.1) is 33.3 Å². The van der Waals surface area contributed by atoms with E-state index in [2.05, 4.69) is 238 Å². The summed E-state index contributed by atoms with van der Waals surface area (Å²) < 4.78 is 7.44. The standard InChI is InChI=1S/C56H37N3/c1-5-18-38(19-6-1)41-32-35-52-49(36-41)46-29-14-15-30-50(46)57(52)43-26-17-27-44(37-43)58-51-31-16-13-28-45(51)47-33-34-48-53(39-20-7-2-8-21-39)54(40-22-9-3-10-23-40)59(56(48)55(47)58)42-24-11-4-12-25-42/h1-37H. The Labute approximate surface area is 341 Å². The molecule has 0 saturated carbocycles. The summed E-state index contributed by atoms with van der Waals surface area (Å²) in [5, 5.41) is 6.14. The van der Waals surface area contributed by atoms with Crippen LogP contribution in [-0.4, -0.2) is 13.7 Å². The van der Waals surface area contributed by atoms with E-state index < -0.39 is 0 Å². The molecule has 276 valence electrons. The predicted octanol–water partition coefficient (Wildman–Crippen LogP) is 14.8. The molecule has 9 aromatic carbocycles. The van der Waals surface area contributed by atoms with Crippen LogP contribution in [-0.2, 0) is 0 Å². The molecule has 0 amide bonds. The highest BCUT2D eigenvalue weighted by atomic mass is 15.1. The molecule has 0 bridgehead atoms. The van der Waals surface area contributed by atoms with Crippen molar-refractivity contribution < 1.29 is 0 Å². The maximum atomic E-state index is 2.51. The van der Waals surface area contributed by atoms with Crippen LogP contribution in [0.15, 0.2) is 224 Å². The zero-order valence-electron chi connectivity index (χ0n) is 32.2. The molecule has 0 atom stereocenters. The topological polar surface area (TPSA) is 14.8 Å². The van der Waals surface area contributed by atoms with Gasteiger partial charge in [0.1, 0.15) is 0 Å². The van der Waals surface area contributed by atoms with Crippen LogP contribution in [0, 0.1) is 0 Å². The van der Waals surface area contributed by atoms with Gasteiger partial charge in [-0.3, -0.25) is 0 Å². The monoisotopic (exact) mass is 751 g/mol. The number of hydrogen-bond acceptors (Lipinski definition) is 0. The lowest BCUT2D eigenvalue weighted by Crippen LogP contribution is -2.01. The molecule has 0 aliphatic carbocycles. The molecule has 0 fully saturated rings. The van der Waals surface area contributed by atoms with E-state index in [4.69, 9.17) is 0 Å². The molecule has 0 radical (unpaired) electrons. The van der Waals surface area contributed by atoms with E-state index in [1.165, 1.54) is 88.0 Å². The fraction of sp³-hybridized carbons (Fsp3) is 0. The zero-order valence-corrected chi connectivity index (χ0v) is 32.2. The lowest BCUT2D eigenvalue weighted by Gasteiger charge is -2.16. The molecule has 0 unspecified atom stereocenters. The van der Waals surface area contributed by atoms with Gasteiger partial charge < -0.3 is 13.7 Å². The molecular formula is C56H37N3. The van der Waals surface area contributed by atoms with Crippen molar-refractivity contribution in [1.82, 2.24) is 13.7 Å². The third-order valence-corrected chi connectivity index (χ3v) is 12.0. The number of fused-ring (bicyclic) bond motifs is 8. The first kappa shape index (κ1) is 33.3. The molecular weight excluding hydrogens is 715 g/mol.